The van der Waals surface area contributed by atoms with E-state index < -0.39 is 0 Å². The summed E-state index contributed by atoms with van der Waals surface area (Å²) in [4.78, 5) is 12.7. The standard InChI is InChI=1S/C13H20N2O3S/c1-17-7-9(18-2)6-15-11-5-10(14)13(19-11)12(16)8-3-4-8/h5,8-9,15H,3-4,6-7,14H2,1-2H3. The lowest BCUT2D eigenvalue weighted by molar-refractivity contribution is 0.0366. The van der Waals surface area contributed by atoms with Gasteiger partial charge >= 0.3 is 0 Å². The van der Waals surface area contributed by atoms with Crippen molar-refractivity contribution in [3.05, 3.63) is 10.9 Å². The molecule has 1 heterocycles. The molecule has 1 fully saturated rings. The molecule has 3 N–H and O–H groups in total. The van der Waals surface area contributed by atoms with Gasteiger partial charge < -0.3 is 20.5 Å². The third kappa shape index (κ3) is 3.68. The van der Waals surface area contributed by atoms with Crippen molar-refractivity contribution >= 4 is 27.8 Å². The van der Waals surface area contributed by atoms with Crippen LogP contribution in [0.5, 0.6) is 0 Å². The number of nitrogens with two attached hydrogens (primary N) is 1. The lowest BCUT2D eigenvalue weighted by atomic mass is 10.2. The summed E-state index contributed by atoms with van der Waals surface area (Å²) in [6, 6.07) is 1.82. The van der Waals surface area contributed by atoms with Crippen LogP contribution in [0.1, 0.15) is 22.5 Å². The number of rotatable bonds is 8. The number of ketones is 1. The summed E-state index contributed by atoms with van der Waals surface area (Å²) in [7, 11) is 3.29. The Hall–Kier alpha value is -1.11. The quantitative estimate of drug-likeness (QED) is 0.714. The molecule has 1 aliphatic carbocycles. The normalized spacial score (nSPS) is 16.3. The topological polar surface area (TPSA) is 73.6 Å². The molecule has 1 aromatic rings. The Balaban J connectivity index is 1.93. The molecule has 6 heteroatoms. The molecule has 1 aliphatic rings. The molecule has 5 nitrogen and oxygen atoms in total. The first-order valence-electron chi connectivity index (χ1n) is 6.34. The first-order valence-corrected chi connectivity index (χ1v) is 7.16. The van der Waals surface area contributed by atoms with Crippen molar-refractivity contribution in [1.29, 1.82) is 0 Å². The van der Waals surface area contributed by atoms with Crippen molar-refractivity contribution < 1.29 is 14.3 Å². The molecule has 0 aliphatic heterocycles. The second-order valence-corrected chi connectivity index (χ2v) is 5.78. The van der Waals surface area contributed by atoms with Crippen LogP contribution < -0.4 is 11.1 Å². The maximum Gasteiger partial charge on any atom is 0.178 e. The number of thiophene rings is 1. The van der Waals surface area contributed by atoms with E-state index in [1.807, 2.05) is 6.07 Å². The number of ether oxygens (including phenoxy) is 2. The van der Waals surface area contributed by atoms with E-state index in [4.69, 9.17) is 15.2 Å². The summed E-state index contributed by atoms with van der Waals surface area (Å²) < 4.78 is 10.3. The molecule has 0 radical (unpaired) electrons. The fourth-order valence-corrected chi connectivity index (χ4v) is 2.83. The summed E-state index contributed by atoms with van der Waals surface area (Å²) in [5.41, 5.74) is 6.47. The molecule has 106 valence electrons. The number of methoxy groups -OCH3 is 2. The molecule has 0 saturated heterocycles. The summed E-state index contributed by atoms with van der Waals surface area (Å²) in [5, 5.41) is 4.14. The molecule has 0 bridgehead atoms. The van der Waals surface area contributed by atoms with Crippen molar-refractivity contribution in [2.45, 2.75) is 18.9 Å². The van der Waals surface area contributed by atoms with E-state index in [0.717, 1.165) is 17.8 Å². The lowest BCUT2D eigenvalue weighted by Gasteiger charge is -2.14. The van der Waals surface area contributed by atoms with Crippen molar-refractivity contribution in [2.24, 2.45) is 5.92 Å². The smallest absolute Gasteiger partial charge is 0.178 e. The van der Waals surface area contributed by atoms with Gasteiger partial charge in [-0.1, -0.05) is 0 Å². The van der Waals surface area contributed by atoms with Gasteiger partial charge in [0.05, 0.1) is 28.3 Å². The van der Waals surface area contributed by atoms with Crippen LogP contribution in [0.25, 0.3) is 0 Å². The second-order valence-electron chi connectivity index (χ2n) is 4.73. The van der Waals surface area contributed by atoms with E-state index in [1.165, 1.54) is 11.3 Å². The third-order valence-electron chi connectivity index (χ3n) is 3.12. The fourth-order valence-electron chi connectivity index (χ4n) is 1.83. The molecular weight excluding hydrogens is 264 g/mol. The molecule has 1 aromatic heterocycles. The number of hydrogen-bond acceptors (Lipinski definition) is 6. The molecule has 2 rings (SSSR count). The fraction of sp³-hybridized carbons (Fsp3) is 0.615. The minimum Gasteiger partial charge on any atom is -0.397 e. The first-order chi connectivity index (χ1) is 9.15. The summed E-state index contributed by atoms with van der Waals surface area (Å²) in [5.74, 6) is 0.393. The highest BCUT2D eigenvalue weighted by Gasteiger charge is 2.32. The maximum absolute atomic E-state index is 12.0. The van der Waals surface area contributed by atoms with Crippen LogP contribution in [-0.4, -0.2) is 39.3 Å². The van der Waals surface area contributed by atoms with Crippen LogP contribution in [0.4, 0.5) is 10.7 Å². The number of carbonyl (C=O) groups excluding carboxylic acids is 1. The van der Waals surface area contributed by atoms with Crippen molar-refractivity contribution in [1.82, 2.24) is 0 Å². The maximum atomic E-state index is 12.0. The van der Waals surface area contributed by atoms with Gasteiger partial charge in [0.15, 0.2) is 5.78 Å². The van der Waals surface area contributed by atoms with Gasteiger partial charge in [0.25, 0.3) is 0 Å². The van der Waals surface area contributed by atoms with Gasteiger partial charge in [-0.25, -0.2) is 0 Å². The second kappa shape index (κ2) is 6.36. The largest absolute Gasteiger partial charge is 0.397 e. The van der Waals surface area contributed by atoms with E-state index in [2.05, 4.69) is 5.32 Å². The number of carbonyl (C=O) groups is 1. The number of hydrogen-bond donors (Lipinski definition) is 2. The van der Waals surface area contributed by atoms with Crippen LogP contribution in [0.15, 0.2) is 6.07 Å². The van der Waals surface area contributed by atoms with E-state index >= 15 is 0 Å². The molecule has 1 atom stereocenters. The van der Waals surface area contributed by atoms with Crippen LogP contribution in [0, 0.1) is 5.92 Å². The molecule has 0 aromatic carbocycles. The molecular formula is C13H20N2O3S. The zero-order chi connectivity index (χ0) is 13.8. The van der Waals surface area contributed by atoms with Crippen molar-refractivity contribution in [3.8, 4) is 0 Å². The molecule has 0 amide bonds. The highest BCUT2D eigenvalue weighted by molar-refractivity contribution is 7.18. The van der Waals surface area contributed by atoms with Crippen LogP contribution in [0.3, 0.4) is 0 Å². The SMILES string of the molecule is COCC(CNc1cc(N)c(C(=O)C2CC2)s1)OC. The van der Waals surface area contributed by atoms with E-state index in [0.29, 0.717) is 23.7 Å². The Morgan fingerprint density at radius 3 is 2.89 bits per heavy atom. The number of nitrogen functional groups attached to an aromatic ring is 1. The van der Waals surface area contributed by atoms with E-state index in [1.54, 1.807) is 14.2 Å². The predicted molar refractivity (Wildman–Crippen MR) is 76.9 cm³/mol. The van der Waals surface area contributed by atoms with Crippen LogP contribution in [-0.2, 0) is 9.47 Å². The van der Waals surface area contributed by atoms with Gasteiger partial charge in [-0.15, -0.1) is 11.3 Å². The summed E-state index contributed by atoms with van der Waals surface area (Å²) >= 11 is 1.42. The van der Waals surface area contributed by atoms with Crippen LogP contribution in [0.2, 0.25) is 0 Å². The predicted octanol–water partition coefficient (Wildman–Crippen LogP) is 2.00. The molecule has 1 saturated carbocycles. The minimum atomic E-state index is -0.0177. The summed E-state index contributed by atoms with van der Waals surface area (Å²) in [6.07, 6.45) is 1.98. The monoisotopic (exact) mass is 284 g/mol. The van der Waals surface area contributed by atoms with Gasteiger partial charge in [-0.3, -0.25) is 4.79 Å². The Bertz CT molecular complexity index is 443. The van der Waals surface area contributed by atoms with E-state index in [-0.39, 0.29) is 17.8 Å². The lowest BCUT2D eigenvalue weighted by Crippen LogP contribution is -2.26. The number of anilines is 2. The Morgan fingerprint density at radius 2 is 2.32 bits per heavy atom. The van der Waals surface area contributed by atoms with Gasteiger partial charge in [0, 0.05) is 26.7 Å². The van der Waals surface area contributed by atoms with Gasteiger partial charge in [0.1, 0.15) is 0 Å². The third-order valence-corrected chi connectivity index (χ3v) is 4.25. The Labute approximate surface area is 117 Å². The van der Waals surface area contributed by atoms with Gasteiger partial charge in [-0.05, 0) is 18.9 Å². The highest BCUT2D eigenvalue weighted by atomic mass is 32.1. The van der Waals surface area contributed by atoms with Gasteiger partial charge in [0.2, 0.25) is 0 Å². The van der Waals surface area contributed by atoms with E-state index in [9.17, 15) is 4.79 Å². The zero-order valence-electron chi connectivity index (χ0n) is 11.3. The Morgan fingerprint density at radius 1 is 1.58 bits per heavy atom. The average molecular weight is 284 g/mol. The highest BCUT2D eigenvalue weighted by Crippen LogP contribution is 2.38. The number of Topliss-reactive ketones (excluding diaryl/α,β-unsaturated/α-hetero) is 1. The molecule has 19 heavy (non-hydrogen) atoms. The zero-order valence-corrected chi connectivity index (χ0v) is 12.1. The van der Waals surface area contributed by atoms with Crippen molar-refractivity contribution in [3.63, 3.8) is 0 Å². The van der Waals surface area contributed by atoms with Gasteiger partial charge in [-0.2, -0.15) is 0 Å². The first kappa shape index (κ1) is 14.3. The molecule has 0 spiro atoms. The average Bonchev–Trinajstić information content (AvgIpc) is 3.18. The number of nitrogens with one attached hydrogen (secondary N) is 1. The Kier molecular flexibility index (Phi) is 4.79. The minimum absolute atomic E-state index is 0.0177. The van der Waals surface area contributed by atoms with Crippen LogP contribution >= 0.6 is 11.3 Å². The molecule has 1 unspecified atom stereocenters. The van der Waals surface area contributed by atoms with Crippen molar-refractivity contribution in [2.75, 3.05) is 38.4 Å². The summed E-state index contributed by atoms with van der Waals surface area (Å²) in [6.45, 7) is 1.15.